The summed E-state index contributed by atoms with van der Waals surface area (Å²) in [5.74, 6) is -0.623. The third kappa shape index (κ3) is 6.55. The zero-order valence-electron chi connectivity index (χ0n) is 23.0. The maximum Gasteiger partial charge on any atom is 0.354 e. The molecule has 4 aromatic rings. The number of ether oxygens (including phenoxy) is 1. The van der Waals surface area contributed by atoms with Crippen molar-refractivity contribution in [1.29, 1.82) is 5.41 Å². The molecule has 3 atom stereocenters. The highest BCUT2D eigenvalue weighted by atomic mass is 35.5. The Kier molecular flexibility index (Phi) is 9.03. The number of nitrogens with zero attached hydrogens (tertiary/aromatic N) is 2. The van der Waals surface area contributed by atoms with E-state index in [4.69, 9.17) is 33.2 Å². The summed E-state index contributed by atoms with van der Waals surface area (Å²) in [5, 5.41) is 14.1. The first-order valence-corrected chi connectivity index (χ1v) is 14.1. The van der Waals surface area contributed by atoms with Crippen molar-refractivity contribution in [3.63, 3.8) is 0 Å². The minimum atomic E-state index is -0.562. The van der Waals surface area contributed by atoms with Gasteiger partial charge in [0.15, 0.2) is 11.8 Å². The zero-order valence-corrected chi connectivity index (χ0v) is 23.8. The first-order valence-electron chi connectivity index (χ1n) is 13.8. The Labute approximate surface area is 247 Å². The summed E-state index contributed by atoms with van der Waals surface area (Å²) < 4.78 is 22.6. The molecule has 0 spiro atoms. The number of nitrogens with two attached hydrogens (primary N) is 2. The van der Waals surface area contributed by atoms with Crippen molar-refractivity contribution in [3.8, 4) is 16.9 Å². The van der Waals surface area contributed by atoms with Gasteiger partial charge in [0.2, 0.25) is 0 Å². The molecule has 5 rings (SSSR count). The largest absolute Gasteiger partial charge is 0.370 e. The van der Waals surface area contributed by atoms with Gasteiger partial charge >= 0.3 is 5.69 Å². The second-order valence-corrected chi connectivity index (χ2v) is 10.7. The molecule has 0 aliphatic carbocycles. The van der Waals surface area contributed by atoms with Gasteiger partial charge in [-0.15, -0.1) is 6.58 Å². The van der Waals surface area contributed by atoms with E-state index in [1.165, 1.54) is 4.57 Å². The molecular weight excluding hydrogens is 559 g/mol. The molecule has 1 aliphatic heterocycles. The van der Waals surface area contributed by atoms with Crippen molar-refractivity contribution in [2.45, 2.75) is 44.1 Å². The molecule has 0 saturated carbocycles. The Morgan fingerprint density at radius 2 is 2.10 bits per heavy atom. The zero-order chi connectivity index (χ0) is 29.8. The number of rotatable bonds is 11. The van der Waals surface area contributed by atoms with Gasteiger partial charge in [-0.1, -0.05) is 29.8 Å². The van der Waals surface area contributed by atoms with E-state index in [9.17, 15) is 4.79 Å². The lowest BCUT2D eigenvalue weighted by Gasteiger charge is -2.15. The van der Waals surface area contributed by atoms with E-state index in [0.717, 1.165) is 30.4 Å². The summed E-state index contributed by atoms with van der Waals surface area (Å²) in [4.78, 5) is 20.2. The van der Waals surface area contributed by atoms with E-state index in [1.54, 1.807) is 24.4 Å². The van der Waals surface area contributed by atoms with Gasteiger partial charge in [0.1, 0.15) is 5.65 Å². The van der Waals surface area contributed by atoms with Gasteiger partial charge in [0, 0.05) is 42.8 Å². The molecule has 3 heterocycles. The van der Waals surface area contributed by atoms with Crippen molar-refractivity contribution in [2.75, 3.05) is 13.1 Å². The van der Waals surface area contributed by atoms with Gasteiger partial charge < -0.3 is 31.8 Å². The molecular formula is C30H34ClFN8O2. The Hall–Kier alpha value is -4.03. The van der Waals surface area contributed by atoms with E-state index in [0.29, 0.717) is 42.0 Å². The minimum absolute atomic E-state index is 0.00444. The average Bonchev–Trinajstić information content (AvgIpc) is 3.63. The number of aromatic amines is 1. The topological polar surface area (TPSA) is 160 Å². The molecule has 1 saturated heterocycles. The fraction of sp³-hybridized carbons (Fsp3) is 0.300. The SMILES string of the molecule is C=C[C@@H](CCNC(=N)N)NCc1ccc(-n2cc3cc(-c4cc([C@@H]5CC[C@H](CN)O5)cc(Cl)c4F)[nH]c3nc2=O)cc1. The number of guanidine groups is 1. The monoisotopic (exact) mass is 592 g/mol. The quantitative estimate of drug-likeness (QED) is 0.0875. The molecule has 0 unspecified atom stereocenters. The summed E-state index contributed by atoms with van der Waals surface area (Å²) in [7, 11) is 0. The fourth-order valence-electron chi connectivity index (χ4n) is 5.13. The van der Waals surface area contributed by atoms with E-state index in [1.807, 2.05) is 30.3 Å². The van der Waals surface area contributed by atoms with Crippen LogP contribution in [0.2, 0.25) is 5.02 Å². The third-order valence-corrected chi connectivity index (χ3v) is 7.70. The third-order valence-electron chi connectivity index (χ3n) is 7.43. The lowest BCUT2D eigenvalue weighted by molar-refractivity contribution is 0.0498. The van der Waals surface area contributed by atoms with Crippen LogP contribution in [0.5, 0.6) is 0 Å². The predicted molar refractivity (Wildman–Crippen MR) is 163 cm³/mol. The summed E-state index contributed by atoms with van der Waals surface area (Å²) in [6.45, 7) is 5.44. The first kappa shape index (κ1) is 29.5. The number of fused-ring (bicyclic) bond motifs is 1. The molecule has 42 heavy (non-hydrogen) atoms. The van der Waals surface area contributed by atoms with Gasteiger partial charge in [0.25, 0.3) is 0 Å². The van der Waals surface area contributed by atoms with Gasteiger partial charge in [-0.05, 0) is 60.7 Å². The summed E-state index contributed by atoms with van der Waals surface area (Å²) in [6, 6.07) is 12.7. The van der Waals surface area contributed by atoms with Crippen molar-refractivity contribution >= 4 is 28.6 Å². The van der Waals surface area contributed by atoms with Crippen molar-refractivity contribution < 1.29 is 9.13 Å². The Morgan fingerprint density at radius 1 is 1.31 bits per heavy atom. The second kappa shape index (κ2) is 12.9. The molecule has 0 bridgehead atoms. The fourth-order valence-corrected chi connectivity index (χ4v) is 5.36. The van der Waals surface area contributed by atoms with Crippen LogP contribution in [-0.2, 0) is 11.3 Å². The van der Waals surface area contributed by atoms with Crippen LogP contribution < -0.4 is 27.8 Å². The Balaban J connectivity index is 1.35. The number of aromatic nitrogens is 3. The standard InChI is InChI=1S/C30H34ClFN8O2/c1-2-20(9-10-36-29(34)35)37-15-17-3-5-21(6-4-17)40-16-19-13-25(38-28(19)39-30(40)41)23-11-18(12-24(31)27(23)32)26-8-7-22(14-33)42-26/h2-6,11-13,16,20,22,26,37H,1,7-10,14-15,33H2,(H4,34,35,36)(H,38,39,41)/t20-,22+,26-/m0/s1. The van der Waals surface area contributed by atoms with Crippen LogP contribution in [0.4, 0.5) is 4.39 Å². The summed E-state index contributed by atoms with van der Waals surface area (Å²) in [5.41, 5.74) is 14.1. The van der Waals surface area contributed by atoms with Gasteiger partial charge in [-0.2, -0.15) is 4.98 Å². The number of benzene rings is 2. The van der Waals surface area contributed by atoms with Crippen LogP contribution in [-0.4, -0.2) is 45.7 Å². The highest BCUT2D eigenvalue weighted by molar-refractivity contribution is 6.31. The number of hydrogen-bond acceptors (Lipinski definition) is 6. The predicted octanol–water partition coefficient (Wildman–Crippen LogP) is 3.87. The molecule has 0 amide bonds. The molecule has 12 heteroatoms. The molecule has 1 fully saturated rings. The number of hydrogen-bond donors (Lipinski definition) is 6. The van der Waals surface area contributed by atoms with Gasteiger partial charge in [-0.3, -0.25) is 9.98 Å². The Morgan fingerprint density at radius 3 is 2.79 bits per heavy atom. The van der Waals surface area contributed by atoms with Gasteiger partial charge in [-0.25, -0.2) is 9.18 Å². The number of halogens is 2. The molecule has 2 aromatic heterocycles. The van der Waals surface area contributed by atoms with Gasteiger partial charge in [0.05, 0.1) is 28.6 Å². The minimum Gasteiger partial charge on any atom is -0.370 e. The smallest absolute Gasteiger partial charge is 0.354 e. The van der Waals surface area contributed by atoms with E-state index < -0.39 is 11.5 Å². The maximum atomic E-state index is 15.2. The Bertz CT molecular complexity index is 1650. The molecule has 10 nitrogen and oxygen atoms in total. The normalized spacial score (nSPS) is 17.4. The maximum absolute atomic E-state index is 15.2. The van der Waals surface area contributed by atoms with Crippen LogP contribution in [0.15, 0.2) is 66.1 Å². The van der Waals surface area contributed by atoms with Crippen LogP contribution in [0.3, 0.4) is 0 Å². The summed E-state index contributed by atoms with van der Waals surface area (Å²) in [6.07, 6.45) is 5.60. The molecule has 0 radical (unpaired) electrons. The van der Waals surface area contributed by atoms with E-state index in [-0.39, 0.29) is 34.8 Å². The summed E-state index contributed by atoms with van der Waals surface area (Å²) >= 11 is 6.28. The van der Waals surface area contributed by atoms with Crippen molar-refractivity contribution in [1.82, 2.24) is 25.2 Å². The molecule has 8 N–H and O–H groups in total. The lowest BCUT2D eigenvalue weighted by Crippen LogP contribution is -2.35. The van der Waals surface area contributed by atoms with Crippen LogP contribution in [0, 0.1) is 11.2 Å². The highest BCUT2D eigenvalue weighted by Crippen LogP contribution is 2.38. The lowest BCUT2D eigenvalue weighted by atomic mass is 10.0. The van der Waals surface area contributed by atoms with Crippen LogP contribution >= 0.6 is 11.6 Å². The van der Waals surface area contributed by atoms with Crippen molar-refractivity contribution in [2.24, 2.45) is 11.5 Å². The van der Waals surface area contributed by atoms with Crippen molar-refractivity contribution in [3.05, 3.63) is 93.8 Å². The van der Waals surface area contributed by atoms with Crippen LogP contribution in [0.1, 0.15) is 36.5 Å². The second-order valence-electron chi connectivity index (χ2n) is 10.3. The van der Waals surface area contributed by atoms with E-state index >= 15 is 4.39 Å². The number of nitrogens with one attached hydrogen (secondary N) is 4. The van der Waals surface area contributed by atoms with E-state index in [2.05, 4.69) is 27.2 Å². The average molecular weight is 593 g/mol. The van der Waals surface area contributed by atoms with Crippen LogP contribution in [0.25, 0.3) is 28.0 Å². The molecule has 1 aliphatic rings. The first-order chi connectivity index (χ1) is 20.2. The molecule has 220 valence electrons. The highest BCUT2D eigenvalue weighted by Gasteiger charge is 2.27. The molecule has 2 aromatic carbocycles. The number of H-pyrrole nitrogens is 1.